The van der Waals surface area contributed by atoms with Crippen LogP contribution in [0.25, 0.3) is 0 Å². The average Bonchev–Trinajstić information content (AvgIpc) is 4.13. The first kappa shape index (κ1) is 48.6. The van der Waals surface area contributed by atoms with Gasteiger partial charge in [0.25, 0.3) is 0 Å². The number of carbonyl (C=O) groups is 4. The number of rotatable bonds is 12. The Hall–Kier alpha value is -8.86. The Bertz CT molecular complexity index is 2610. The van der Waals surface area contributed by atoms with Crippen LogP contribution in [0, 0.1) is 0 Å². The molecular formula is C52H46N8O6S2. The van der Waals surface area contributed by atoms with Gasteiger partial charge in [-0.1, -0.05) is 109 Å². The molecule has 8 N–H and O–H groups in total. The lowest BCUT2D eigenvalue weighted by molar-refractivity contribution is -0.159. The summed E-state index contributed by atoms with van der Waals surface area (Å²) >= 11 is 3.11. The maximum atomic E-state index is 13.0. The van der Waals surface area contributed by atoms with Gasteiger partial charge in [-0.3, -0.25) is 9.80 Å². The van der Waals surface area contributed by atoms with Gasteiger partial charge in [0.15, 0.2) is 0 Å². The first-order chi connectivity index (χ1) is 33.0. The fourth-order valence-electron chi connectivity index (χ4n) is 6.20. The molecule has 0 unspecified atom stereocenters. The van der Waals surface area contributed by atoms with E-state index in [1.807, 2.05) is 205 Å². The number of amidine groups is 2. The number of para-hydroxylation sites is 4. The summed E-state index contributed by atoms with van der Waals surface area (Å²) in [6.45, 7) is 0.804. The number of hydrogen-bond donors (Lipinski definition) is 6. The Morgan fingerprint density at radius 1 is 0.426 bits per heavy atom. The largest absolute Gasteiger partial charge is 0.473 e. The summed E-state index contributed by atoms with van der Waals surface area (Å²) in [4.78, 5) is 58.4. The minimum absolute atomic E-state index is 0.193. The second-order valence-corrected chi connectivity index (χ2v) is 16.1. The standard InChI is InChI=1S/2C25H22N4OS.C2H2O4/c2*26-24(23-12-7-17-31-23)28-20-15-13-19(14-16-20)18-27-25(30)29(21-8-3-1-4-9-21)22-10-5-2-6-11-22;3-1(4)2(5)6/h2*1-17H,18H2,(H2,26,28)(H,27,30);(H,3,4)(H,5,6). The van der Waals surface area contributed by atoms with E-state index in [0.717, 1.165) is 55.0 Å². The molecular weight excluding hydrogens is 897 g/mol. The van der Waals surface area contributed by atoms with Crippen molar-refractivity contribution in [3.63, 3.8) is 0 Å². The molecule has 0 saturated carbocycles. The molecule has 8 rings (SSSR count). The molecule has 0 saturated heterocycles. The number of nitrogens with two attached hydrogens (primary N) is 2. The van der Waals surface area contributed by atoms with Crippen molar-refractivity contribution in [2.24, 2.45) is 21.5 Å². The lowest BCUT2D eigenvalue weighted by Crippen LogP contribution is -2.36. The second-order valence-electron chi connectivity index (χ2n) is 14.2. The Balaban J connectivity index is 0.000000200. The van der Waals surface area contributed by atoms with Gasteiger partial charge in [-0.15, -0.1) is 22.7 Å². The summed E-state index contributed by atoms with van der Waals surface area (Å²) in [7, 11) is 0. The third-order valence-corrected chi connectivity index (χ3v) is 11.2. The summed E-state index contributed by atoms with van der Waals surface area (Å²) in [5, 5.41) is 24.7. The summed E-state index contributed by atoms with van der Waals surface area (Å²) < 4.78 is 0. The first-order valence-corrected chi connectivity index (χ1v) is 22.6. The van der Waals surface area contributed by atoms with Crippen molar-refractivity contribution in [2.45, 2.75) is 13.1 Å². The number of aliphatic imine (C=N–C) groups is 2. The van der Waals surface area contributed by atoms with E-state index in [1.165, 1.54) is 0 Å². The van der Waals surface area contributed by atoms with Crippen molar-refractivity contribution in [1.82, 2.24) is 10.6 Å². The molecule has 0 atom stereocenters. The van der Waals surface area contributed by atoms with E-state index in [1.54, 1.807) is 32.5 Å². The SMILES string of the molecule is NC(=Nc1ccc(CNC(=O)N(c2ccccc2)c2ccccc2)cc1)c1cccs1.NC(=Nc1ccc(CNC(=O)N(c2ccccc2)c2ccccc2)cc1)c1cccs1.O=C(O)C(=O)O. The molecule has 16 heteroatoms. The fraction of sp³-hybridized carbons (Fsp3) is 0.0385. The normalized spacial score (nSPS) is 10.8. The minimum Gasteiger partial charge on any atom is -0.473 e. The van der Waals surface area contributed by atoms with Crippen LogP contribution >= 0.6 is 22.7 Å². The molecule has 0 aliphatic heterocycles. The lowest BCUT2D eigenvalue weighted by Gasteiger charge is -2.23. The van der Waals surface area contributed by atoms with Gasteiger partial charge in [0.2, 0.25) is 0 Å². The van der Waals surface area contributed by atoms with Crippen molar-refractivity contribution in [2.75, 3.05) is 9.80 Å². The predicted molar refractivity (Wildman–Crippen MR) is 272 cm³/mol. The Labute approximate surface area is 400 Å². The number of benzene rings is 6. The number of nitrogens with zero attached hydrogens (tertiary/aromatic N) is 4. The minimum atomic E-state index is -1.82. The van der Waals surface area contributed by atoms with Gasteiger partial charge < -0.3 is 32.3 Å². The molecule has 4 amide bonds. The van der Waals surface area contributed by atoms with Crippen molar-refractivity contribution >= 4 is 92.5 Å². The van der Waals surface area contributed by atoms with Gasteiger partial charge in [0.05, 0.1) is 43.9 Å². The van der Waals surface area contributed by atoms with Crippen LogP contribution in [0.4, 0.5) is 43.7 Å². The van der Waals surface area contributed by atoms with Gasteiger partial charge in [-0.25, -0.2) is 29.2 Å². The van der Waals surface area contributed by atoms with Gasteiger partial charge in [-0.2, -0.15) is 0 Å². The summed E-state index contributed by atoms with van der Waals surface area (Å²) in [6.07, 6.45) is 0. The topological polar surface area (TPSA) is 216 Å². The van der Waals surface area contributed by atoms with E-state index in [4.69, 9.17) is 31.3 Å². The molecule has 0 fully saturated rings. The highest BCUT2D eigenvalue weighted by Crippen LogP contribution is 2.27. The highest BCUT2D eigenvalue weighted by molar-refractivity contribution is 7.12. The van der Waals surface area contributed by atoms with E-state index < -0.39 is 11.9 Å². The summed E-state index contributed by atoms with van der Waals surface area (Å²) in [5.74, 6) is -2.65. The van der Waals surface area contributed by atoms with E-state index in [-0.39, 0.29) is 12.1 Å². The van der Waals surface area contributed by atoms with E-state index >= 15 is 0 Å². The van der Waals surface area contributed by atoms with E-state index in [0.29, 0.717) is 24.8 Å². The molecule has 0 bridgehead atoms. The maximum absolute atomic E-state index is 13.0. The number of carbonyl (C=O) groups excluding carboxylic acids is 2. The van der Waals surface area contributed by atoms with Crippen LogP contribution in [0.2, 0.25) is 0 Å². The molecule has 2 aromatic heterocycles. The highest BCUT2D eigenvalue weighted by atomic mass is 32.1. The third kappa shape index (κ3) is 14.6. The second kappa shape index (κ2) is 25.0. The van der Waals surface area contributed by atoms with Crippen LogP contribution in [0.15, 0.2) is 215 Å². The van der Waals surface area contributed by atoms with Crippen molar-refractivity contribution in [3.8, 4) is 0 Å². The van der Waals surface area contributed by atoms with Crippen LogP contribution < -0.4 is 31.9 Å². The quantitative estimate of drug-likeness (QED) is 0.0392. The molecule has 0 aliphatic carbocycles. The number of urea groups is 2. The van der Waals surface area contributed by atoms with Crippen LogP contribution in [0.3, 0.4) is 0 Å². The van der Waals surface area contributed by atoms with Gasteiger partial charge in [0.1, 0.15) is 11.7 Å². The van der Waals surface area contributed by atoms with E-state index in [9.17, 15) is 9.59 Å². The van der Waals surface area contributed by atoms with Gasteiger partial charge in [0, 0.05) is 13.1 Å². The predicted octanol–water partition coefficient (Wildman–Crippen LogP) is 10.8. The third-order valence-electron chi connectivity index (χ3n) is 9.45. The van der Waals surface area contributed by atoms with E-state index in [2.05, 4.69) is 20.6 Å². The van der Waals surface area contributed by atoms with Crippen LogP contribution in [-0.4, -0.2) is 45.9 Å². The zero-order valence-corrected chi connectivity index (χ0v) is 38.0. The van der Waals surface area contributed by atoms with Crippen LogP contribution in [0.1, 0.15) is 20.9 Å². The fourth-order valence-corrected chi connectivity index (χ4v) is 7.46. The zero-order chi connectivity index (χ0) is 48.1. The number of nitrogens with one attached hydrogen (secondary N) is 2. The Morgan fingerprint density at radius 3 is 0.971 bits per heavy atom. The van der Waals surface area contributed by atoms with Gasteiger partial charge in [-0.05, 0) is 107 Å². The van der Waals surface area contributed by atoms with Crippen molar-refractivity contribution < 1.29 is 29.4 Å². The number of carboxylic acids is 2. The summed E-state index contributed by atoms with van der Waals surface area (Å²) in [5.41, 5.74) is 18.8. The van der Waals surface area contributed by atoms with Crippen molar-refractivity contribution in [3.05, 3.63) is 226 Å². The number of aliphatic carboxylic acids is 2. The maximum Gasteiger partial charge on any atom is 0.414 e. The molecule has 0 radical (unpaired) electrons. The average molecular weight is 943 g/mol. The van der Waals surface area contributed by atoms with Gasteiger partial charge >= 0.3 is 24.0 Å². The smallest absolute Gasteiger partial charge is 0.414 e. The molecule has 0 aliphatic rings. The first-order valence-electron chi connectivity index (χ1n) is 20.8. The zero-order valence-electron chi connectivity index (χ0n) is 36.3. The number of amides is 4. The molecule has 2 heterocycles. The van der Waals surface area contributed by atoms with Crippen LogP contribution in [-0.2, 0) is 22.7 Å². The highest BCUT2D eigenvalue weighted by Gasteiger charge is 2.19. The monoisotopic (exact) mass is 942 g/mol. The Kier molecular flexibility index (Phi) is 17.9. The molecule has 14 nitrogen and oxygen atoms in total. The molecule has 8 aromatic rings. The van der Waals surface area contributed by atoms with Crippen molar-refractivity contribution in [1.29, 1.82) is 0 Å². The number of thiophene rings is 2. The number of hydrogen-bond acceptors (Lipinski definition) is 8. The Morgan fingerprint density at radius 2 is 0.721 bits per heavy atom. The molecule has 0 spiro atoms. The number of anilines is 4. The summed E-state index contributed by atoms with van der Waals surface area (Å²) in [6, 6.07) is 61.1. The number of carboxylic acid groups (broad SMARTS) is 2. The lowest BCUT2D eigenvalue weighted by atomic mass is 10.2. The molecule has 68 heavy (non-hydrogen) atoms. The molecule has 6 aromatic carbocycles. The van der Waals surface area contributed by atoms with Crippen LogP contribution in [0.5, 0.6) is 0 Å². The molecule has 342 valence electrons.